The van der Waals surface area contributed by atoms with E-state index in [1.807, 2.05) is 0 Å². The number of alkyl halides is 3. The third kappa shape index (κ3) is 4.10. The first kappa shape index (κ1) is 18.5. The van der Waals surface area contributed by atoms with E-state index >= 15 is 0 Å². The van der Waals surface area contributed by atoms with Crippen LogP contribution in [0, 0.1) is 0 Å². The number of likely N-dealkylation sites (tertiary alicyclic amines) is 1. The average Bonchev–Trinajstić information content (AvgIpc) is 2.89. The first-order chi connectivity index (χ1) is 11.8. The Morgan fingerprint density at radius 1 is 1.36 bits per heavy atom. The van der Waals surface area contributed by atoms with Crippen LogP contribution in [0.5, 0.6) is 0 Å². The average molecular weight is 390 g/mol. The van der Waals surface area contributed by atoms with Crippen LogP contribution >= 0.6 is 22.9 Å². The predicted octanol–water partition coefficient (Wildman–Crippen LogP) is 5.44. The lowest BCUT2D eigenvalue weighted by Crippen LogP contribution is -2.36. The fourth-order valence-corrected chi connectivity index (χ4v) is 4.27. The van der Waals surface area contributed by atoms with Gasteiger partial charge < -0.3 is 5.73 Å². The summed E-state index contributed by atoms with van der Waals surface area (Å²) in [6, 6.07) is 4.33. The number of hydrogen-bond acceptors (Lipinski definition) is 4. The SMILES string of the molecule is C[C@@H]1CCCCN1Cc1sc(N)nc1-c1ccc(Cl)c(C(F)(F)F)c1. The molecule has 0 amide bonds. The van der Waals surface area contributed by atoms with E-state index in [2.05, 4.69) is 16.8 Å². The maximum atomic E-state index is 13.1. The van der Waals surface area contributed by atoms with E-state index < -0.39 is 11.7 Å². The Balaban J connectivity index is 1.96. The lowest BCUT2D eigenvalue weighted by atomic mass is 10.0. The van der Waals surface area contributed by atoms with Gasteiger partial charge in [0.25, 0.3) is 0 Å². The molecular formula is C17H19ClF3N3S. The molecule has 1 atom stereocenters. The molecule has 0 aliphatic carbocycles. The second kappa shape index (κ2) is 7.13. The Bertz CT molecular complexity index is 760. The van der Waals surface area contributed by atoms with Gasteiger partial charge in [-0.05, 0) is 38.4 Å². The molecule has 1 fully saturated rings. The molecule has 1 aromatic heterocycles. The summed E-state index contributed by atoms with van der Waals surface area (Å²) in [5.41, 5.74) is 5.91. The minimum Gasteiger partial charge on any atom is -0.375 e. The van der Waals surface area contributed by atoms with E-state index in [0.717, 1.165) is 30.3 Å². The molecule has 2 heterocycles. The second-order valence-electron chi connectivity index (χ2n) is 6.33. The molecule has 0 unspecified atom stereocenters. The summed E-state index contributed by atoms with van der Waals surface area (Å²) < 4.78 is 39.4. The van der Waals surface area contributed by atoms with Gasteiger partial charge in [-0.15, -0.1) is 11.3 Å². The number of halogens is 4. The topological polar surface area (TPSA) is 42.1 Å². The van der Waals surface area contributed by atoms with Crippen LogP contribution in [0.15, 0.2) is 18.2 Å². The number of anilines is 1. The number of thiazole rings is 1. The lowest BCUT2D eigenvalue weighted by Gasteiger charge is -2.33. The Morgan fingerprint density at radius 3 is 2.80 bits per heavy atom. The van der Waals surface area contributed by atoms with E-state index in [9.17, 15) is 13.2 Å². The van der Waals surface area contributed by atoms with Gasteiger partial charge in [0.15, 0.2) is 5.13 Å². The highest BCUT2D eigenvalue weighted by molar-refractivity contribution is 7.15. The summed E-state index contributed by atoms with van der Waals surface area (Å²) in [5.74, 6) is 0. The van der Waals surface area contributed by atoms with Crippen molar-refractivity contribution in [2.45, 2.75) is 44.9 Å². The van der Waals surface area contributed by atoms with Crippen molar-refractivity contribution < 1.29 is 13.2 Å². The van der Waals surface area contributed by atoms with Crippen LogP contribution in [-0.4, -0.2) is 22.5 Å². The van der Waals surface area contributed by atoms with E-state index in [0.29, 0.717) is 29.0 Å². The van der Waals surface area contributed by atoms with Crippen molar-refractivity contribution >= 4 is 28.1 Å². The molecule has 0 spiro atoms. The molecule has 0 saturated carbocycles. The molecule has 0 radical (unpaired) electrons. The molecule has 8 heteroatoms. The van der Waals surface area contributed by atoms with E-state index in [1.54, 1.807) is 6.07 Å². The molecular weight excluding hydrogens is 371 g/mol. The van der Waals surface area contributed by atoms with Gasteiger partial charge in [-0.1, -0.05) is 24.1 Å². The summed E-state index contributed by atoms with van der Waals surface area (Å²) in [7, 11) is 0. The third-order valence-corrected chi connectivity index (χ3v) is 5.75. The molecule has 1 aliphatic rings. The van der Waals surface area contributed by atoms with Crippen LogP contribution in [0.3, 0.4) is 0 Å². The van der Waals surface area contributed by atoms with Crippen LogP contribution < -0.4 is 5.73 Å². The molecule has 0 bridgehead atoms. The molecule has 3 rings (SSSR count). The van der Waals surface area contributed by atoms with Gasteiger partial charge >= 0.3 is 6.18 Å². The zero-order valence-electron chi connectivity index (χ0n) is 13.7. The minimum absolute atomic E-state index is 0.314. The van der Waals surface area contributed by atoms with Crippen molar-refractivity contribution in [3.63, 3.8) is 0 Å². The molecule has 3 nitrogen and oxygen atoms in total. The molecule has 2 aromatic rings. The van der Waals surface area contributed by atoms with Gasteiger partial charge in [-0.3, -0.25) is 4.90 Å². The highest BCUT2D eigenvalue weighted by Crippen LogP contribution is 2.39. The summed E-state index contributed by atoms with van der Waals surface area (Å²) in [5, 5.41) is 0.0452. The van der Waals surface area contributed by atoms with E-state index in [1.165, 1.54) is 23.8 Å². The van der Waals surface area contributed by atoms with Crippen molar-refractivity contribution in [1.82, 2.24) is 9.88 Å². The molecule has 136 valence electrons. The van der Waals surface area contributed by atoms with Crippen molar-refractivity contribution in [3.05, 3.63) is 33.7 Å². The van der Waals surface area contributed by atoms with Crippen molar-refractivity contribution in [3.8, 4) is 11.3 Å². The molecule has 1 saturated heterocycles. The largest absolute Gasteiger partial charge is 0.417 e. The Hall–Kier alpha value is -1.31. The van der Waals surface area contributed by atoms with Crippen LogP contribution in [0.2, 0.25) is 5.02 Å². The fraction of sp³-hybridized carbons (Fsp3) is 0.471. The molecule has 1 aliphatic heterocycles. The predicted molar refractivity (Wildman–Crippen MR) is 95.7 cm³/mol. The number of piperidine rings is 1. The number of hydrogen-bond donors (Lipinski definition) is 1. The standard InChI is InChI=1S/C17H19ClF3N3S/c1-10-4-2-3-7-24(10)9-14-15(23-16(22)25-14)11-5-6-13(18)12(8-11)17(19,20)21/h5-6,8,10H,2-4,7,9H2,1H3,(H2,22,23)/t10-/m1/s1. The van der Waals surface area contributed by atoms with Gasteiger partial charge in [0, 0.05) is 23.0 Å². The smallest absolute Gasteiger partial charge is 0.375 e. The lowest BCUT2D eigenvalue weighted by molar-refractivity contribution is -0.137. The maximum absolute atomic E-state index is 13.1. The highest BCUT2D eigenvalue weighted by atomic mass is 35.5. The Labute approximate surface area is 153 Å². The van der Waals surface area contributed by atoms with Crippen LogP contribution in [0.4, 0.5) is 18.3 Å². The van der Waals surface area contributed by atoms with Crippen molar-refractivity contribution in [2.75, 3.05) is 12.3 Å². The number of benzene rings is 1. The molecule has 2 N–H and O–H groups in total. The summed E-state index contributed by atoms with van der Waals surface area (Å²) >= 11 is 7.05. The minimum atomic E-state index is -4.50. The first-order valence-electron chi connectivity index (χ1n) is 8.12. The first-order valence-corrected chi connectivity index (χ1v) is 9.31. The fourth-order valence-electron chi connectivity index (χ4n) is 3.17. The van der Waals surface area contributed by atoms with E-state index in [-0.39, 0.29) is 5.02 Å². The second-order valence-corrected chi connectivity index (χ2v) is 7.85. The summed E-state index contributed by atoms with van der Waals surface area (Å²) in [4.78, 5) is 7.51. The number of nitrogens with two attached hydrogens (primary N) is 1. The van der Waals surface area contributed by atoms with Crippen molar-refractivity contribution in [2.24, 2.45) is 0 Å². The van der Waals surface area contributed by atoms with Gasteiger partial charge in [0.2, 0.25) is 0 Å². The third-order valence-electron chi connectivity index (χ3n) is 4.55. The highest BCUT2D eigenvalue weighted by Gasteiger charge is 2.34. The Kier molecular flexibility index (Phi) is 5.27. The van der Waals surface area contributed by atoms with Crippen LogP contribution in [-0.2, 0) is 12.7 Å². The zero-order valence-corrected chi connectivity index (χ0v) is 15.3. The number of nitrogen functional groups attached to an aromatic ring is 1. The number of nitrogens with zero attached hydrogens (tertiary/aromatic N) is 2. The number of aromatic nitrogens is 1. The summed E-state index contributed by atoms with van der Waals surface area (Å²) in [6.07, 6.45) is -1.03. The molecule has 1 aromatic carbocycles. The van der Waals surface area contributed by atoms with Crippen LogP contribution in [0.1, 0.15) is 36.6 Å². The maximum Gasteiger partial charge on any atom is 0.417 e. The monoisotopic (exact) mass is 389 g/mol. The van der Waals surface area contributed by atoms with Crippen molar-refractivity contribution in [1.29, 1.82) is 0 Å². The zero-order chi connectivity index (χ0) is 18.2. The normalized spacial score (nSPS) is 19.3. The molecule has 25 heavy (non-hydrogen) atoms. The van der Waals surface area contributed by atoms with Gasteiger partial charge in [-0.2, -0.15) is 13.2 Å². The van der Waals surface area contributed by atoms with E-state index in [4.69, 9.17) is 17.3 Å². The van der Waals surface area contributed by atoms with Gasteiger partial charge in [0.1, 0.15) is 0 Å². The quantitative estimate of drug-likeness (QED) is 0.760. The van der Waals surface area contributed by atoms with Crippen LogP contribution in [0.25, 0.3) is 11.3 Å². The number of rotatable bonds is 3. The summed E-state index contributed by atoms with van der Waals surface area (Å²) in [6.45, 7) is 3.80. The van der Waals surface area contributed by atoms with Gasteiger partial charge in [0.05, 0.1) is 16.3 Å². The Morgan fingerprint density at radius 2 is 2.12 bits per heavy atom. The van der Waals surface area contributed by atoms with Gasteiger partial charge in [-0.25, -0.2) is 4.98 Å².